The fraction of sp³-hybridized carbons (Fsp3) is 0.0909. The first-order valence-corrected chi connectivity index (χ1v) is 6.84. The van der Waals surface area contributed by atoms with E-state index in [2.05, 4.69) is 0 Å². The highest BCUT2D eigenvalue weighted by atomic mass is 28.4. The van der Waals surface area contributed by atoms with Crippen LogP contribution in [-0.2, 0) is 6.42 Å². The zero-order valence-corrected chi connectivity index (χ0v) is 10.4. The lowest BCUT2D eigenvalue weighted by molar-refractivity contribution is 0.117. The molecular weight excluding hydrogens is 256 g/mol. The van der Waals surface area contributed by atoms with E-state index in [4.69, 9.17) is 23.6 Å². The molecule has 0 aliphatic carbocycles. The van der Waals surface area contributed by atoms with Crippen LogP contribution in [0.1, 0.15) is 11.3 Å². The normalized spacial score (nSPS) is 10.7. The Morgan fingerprint density at radius 1 is 0.944 bits per heavy atom. The molecule has 18 heavy (non-hydrogen) atoms. The summed E-state index contributed by atoms with van der Waals surface area (Å²) in [4.78, 5) is 29.3. The smallest absolute Gasteiger partial charge is 0.508 e. The number of furan rings is 1. The van der Waals surface area contributed by atoms with Crippen molar-refractivity contribution in [1.82, 2.24) is 0 Å². The van der Waals surface area contributed by atoms with Crippen LogP contribution in [0.2, 0.25) is 0 Å². The first-order chi connectivity index (χ1) is 8.36. The van der Waals surface area contributed by atoms with E-state index in [0.29, 0.717) is 12.2 Å². The minimum absolute atomic E-state index is 0.318. The van der Waals surface area contributed by atoms with Crippen molar-refractivity contribution in [2.24, 2.45) is 0 Å². The van der Waals surface area contributed by atoms with Gasteiger partial charge in [0.05, 0.1) is 6.26 Å². The number of hydrogen-bond acceptors (Lipinski definition) is 6. The summed E-state index contributed by atoms with van der Waals surface area (Å²) in [5, 5.41) is 9.47. The van der Waals surface area contributed by atoms with Crippen molar-refractivity contribution < 1.29 is 28.7 Å². The van der Waals surface area contributed by atoms with Crippen LogP contribution in [0.3, 0.4) is 0 Å². The van der Waals surface area contributed by atoms with Crippen LogP contribution in [0.25, 0.3) is 0 Å². The predicted molar refractivity (Wildman–Crippen MR) is 64.3 cm³/mol. The van der Waals surface area contributed by atoms with E-state index in [9.17, 15) is 5.11 Å². The molecule has 0 radical (unpaired) electrons. The average molecular weight is 270 g/mol. The molecule has 0 unspecified atom stereocenters. The SMILES string of the molecule is O[Si](O)(O)O.Oc1ccccc1Cc1ccco1. The zero-order valence-electron chi connectivity index (χ0n) is 9.39. The Kier molecular flexibility index (Phi) is 5.07. The molecule has 1 heterocycles. The van der Waals surface area contributed by atoms with Crippen LogP contribution in [0.15, 0.2) is 47.1 Å². The van der Waals surface area contributed by atoms with Crippen molar-refractivity contribution in [3.05, 3.63) is 54.0 Å². The first-order valence-electron chi connectivity index (χ1n) is 5.05. The third kappa shape index (κ3) is 6.18. The molecule has 0 fully saturated rings. The van der Waals surface area contributed by atoms with Gasteiger partial charge in [0.25, 0.3) is 0 Å². The summed E-state index contributed by atoms with van der Waals surface area (Å²) in [6.45, 7) is 0. The van der Waals surface area contributed by atoms with Gasteiger partial charge in [0.1, 0.15) is 11.5 Å². The molecule has 0 bridgehead atoms. The van der Waals surface area contributed by atoms with E-state index in [0.717, 1.165) is 11.3 Å². The zero-order chi connectivity index (χ0) is 13.6. The summed E-state index contributed by atoms with van der Waals surface area (Å²) in [7, 11) is -4.61. The summed E-state index contributed by atoms with van der Waals surface area (Å²) in [6, 6.07) is 11.0. The average Bonchev–Trinajstić information content (AvgIpc) is 2.72. The van der Waals surface area contributed by atoms with Crippen LogP contribution in [0.4, 0.5) is 0 Å². The van der Waals surface area contributed by atoms with Crippen molar-refractivity contribution >= 4 is 9.05 Å². The Morgan fingerprint density at radius 2 is 1.56 bits per heavy atom. The Morgan fingerprint density at radius 3 is 2.06 bits per heavy atom. The summed E-state index contributed by atoms with van der Waals surface area (Å²) in [5.41, 5.74) is 0.887. The van der Waals surface area contributed by atoms with E-state index in [-0.39, 0.29) is 0 Å². The monoisotopic (exact) mass is 270 g/mol. The van der Waals surface area contributed by atoms with Crippen molar-refractivity contribution in [3.8, 4) is 5.75 Å². The molecule has 0 aliphatic rings. The molecule has 1 aromatic carbocycles. The van der Waals surface area contributed by atoms with Crippen molar-refractivity contribution in [1.29, 1.82) is 0 Å². The maximum atomic E-state index is 9.47. The first kappa shape index (κ1) is 14.4. The Labute approximate surface area is 104 Å². The van der Waals surface area contributed by atoms with E-state index >= 15 is 0 Å². The fourth-order valence-electron chi connectivity index (χ4n) is 1.26. The number of phenolic OH excluding ortho intramolecular Hbond substituents is 1. The van der Waals surface area contributed by atoms with Crippen molar-refractivity contribution in [2.75, 3.05) is 0 Å². The lowest BCUT2D eigenvalue weighted by atomic mass is 10.1. The summed E-state index contributed by atoms with van der Waals surface area (Å²) < 4.78 is 5.18. The van der Waals surface area contributed by atoms with Crippen LogP contribution in [0.5, 0.6) is 5.75 Å². The minimum atomic E-state index is -4.61. The number of rotatable bonds is 2. The van der Waals surface area contributed by atoms with Gasteiger partial charge in [-0.1, -0.05) is 18.2 Å². The largest absolute Gasteiger partial charge is 0.668 e. The molecule has 1 aromatic heterocycles. The second-order valence-corrected chi connectivity index (χ2v) is 4.68. The molecule has 0 aliphatic heterocycles. The Hall–Kier alpha value is -1.64. The highest BCUT2D eigenvalue weighted by Gasteiger charge is 2.22. The third-order valence-electron chi connectivity index (χ3n) is 1.94. The lowest BCUT2D eigenvalue weighted by Gasteiger charge is -2.00. The van der Waals surface area contributed by atoms with Gasteiger partial charge in [-0.05, 0) is 18.2 Å². The molecule has 6 nitrogen and oxygen atoms in total. The molecule has 0 atom stereocenters. The highest BCUT2D eigenvalue weighted by molar-refractivity contribution is 6.46. The van der Waals surface area contributed by atoms with Crippen LogP contribution in [-0.4, -0.2) is 33.3 Å². The molecule has 5 N–H and O–H groups in total. The molecule has 0 amide bonds. The number of hydrogen-bond donors (Lipinski definition) is 5. The molecule has 0 saturated carbocycles. The van der Waals surface area contributed by atoms with Crippen LogP contribution in [0, 0.1) is 0 Å². The lowest BCUT2D eigenvalue weighted by Crippen LogP contribution is -2.33. The number of aromatic hydroxyl groups is 1. The van der Waals surface area contributed by atoms with Gasteiger partial charge in [0.15, 0.2) is 0 Å². The molecule has 0 saturated heterocycles. The second-order valence-electron chi connectivity index (χ2n) is 3.48. The van der Waals surface area contributed by atoms with E-state index in [1.54, 1.807) is 18.4 Å². The molecule has 0 spiro atoms. The molecular formula is C11H14O6Si. The van der Waals surface area contributed by atoms with Gasteiger partial charge in [0.2, 0.25) is 0 Å². The summed E-state index contributed by atoms with van der Waals surface area (Å²) in [5.74, 6) is 1.18. The predicted octanol–water partition coefficient (Wildman–Crippen LogP) is -0.0328. The van der Waals surface area contributed by atoms with Crippen LogP contribution < -0.4 is 0 Å². The topological polar surface area (TPSA) is 114 Å². The third-order valence-corrected chi connectivity index (χ3v) is 1.94. The van der Waals surface area contributed by atoms with Crippen molar-refractivity contribution in [3.63, 3.8) is 0 Å². The Balaban J connectivity index is 0.000000280. The molecule has 98 valence electrons. The quantitative estimate of drug-likeness (QED) is 0.489. The minimum Gasteiger partial charge on any atom is -0.508 e. The van der Waals surface area contributed by atoms with Crippen LogP contribution >= 0.6 is 0 Å². The molecule has 2 aromatic rings. The Bertz CT molecular complexity index is 457. The maximum Gasteiger partial charge on any atom is 0.668 e. The second kappa shape index (κ2) is 6.33. The van der Waals surface area contributed by atoms with E-state index < -0.39 is 9.05 Å². The summed E-state index contributed by atoms with van der Waals surface area (Å²) in [6.07, 6.45) is 2.27. The number of benzene rings is 1. The van der Waals surface area contributed by atoms with Gasteiger partial charge in [-0.25, -0.2) is 0 Å². The number of phenols is 1. The highest BCUT2D eigenvalue weighted by Crippen LogP contribution is 2.19. The van der Waals surface area contributed by atoms with Gasteiger partial charge in [-0.3, -0.25) is 0 Å². The van der Waals surface area contributed by atoms with E-state index in [1.807, 2.05) is 24.3 Å². The van der Waals surface area contributed by atoms with E-state index in [1.165, 1.54) is 0 Å². The summed E-state index contributed by atoms with van der Waals surface area (Å²) >= 11 is 0. The standard InChI is InChI=1S/C11H10O2.H4O4Si/c12-11-6-2-1-4-9(11)8-10-5-3-7-13-10;1-5(2,3)4/h1-7,12H,8H2;1-4H. The van der Waals surface area contributed by atoms with Gasteiger partial charge in [0, 0.05) is 12.0 Å². The van der Waals surface area contributed by atoms with Crippen molar-refractivity contribution in [2.45, 2.75) is 6.42 Å². The molecule has 7 heteroatoms. The maximum absolute atomic E-state index is 9.47. The van der Waals surface area contributed by atoms with Gasteiger partial charge in [-0.2, -0.15) is 0 Å². The fourth-order valence-corrected chi connectivity index (χ4v) is 1.26. The molecule has 2 rings (SSSR count). The van der Waals surface area contributed by atoms with Gasteiger partial charge in [-0.15, -0.1) is 0 Å². The van der Waals surface area contributed by atoms with Gasteiger partial charge < -0.3 is 28.7 Å². The number of para-hydroxylation sites is 1. The van der Waals surface area contributed by atoms with Gasteiger partial charge >= 0.3 is 9.05 Å².